The van der Waals surface area contributed by atoms with Gasteiger partial charge < -0.3 is 26.2 Å². The van der Waals surface area contributed by atoms with Crippen LogP contribution in [0, 0.1) is 5.92 Å². The summed E-state index contributed by atoms with van der Waals surface area (Å²) in [6.07, 6.45) is 8.01. The Kier molecular flexibility index (Phi) is 10.00. The number of hydrogen-bond donors (Lipinski definition) is 3. The molecule has 2 fully saturated rings. The van der Waals surface area contributed by atoms with E-state index in [1.165, 1.54) is 0 Å². The number of carbonyl (C=O) groups excluding carboxylic acids is 3. The first kappa shape index (κ1) is 24.9. The van der Waals surface area contributed by atoms with E-state index in [1.54, 1.807) is 17.3 Å². The first-order chi connectivity index (χ1) is 14.6. The Morgan fingerprint density at radius 3 is 2.32 bits per heavy atom. The number of nitrogens with zero attached hydrogens (tertiary/aromatic N) is 3. The Labute approximate surface area is 189 Å². The highest BCUT2D eigenvalue weighted by Crippen LogP contribution is 2.23. The fourth-order valence-corrected chi connectivity index (χ4v) is 4.07. The maximum absolute atomic E-state index is 13.0. The quantitative estimate of drug-likeness (QED) is 0.547. The molecule has 3 rings (SSSR count). The minimum Gasteiger partial charge on any atom is -0.371 e. The largest absolute Gasteiger partial charge is 0.371 e. The Morgan fingerprint density at radius 2 is 1.71 bits per heavy atom. The molecule has 1 unspecified atom stereocenters. The van der Waals surface area contributed by atoms with Gasteiger partial charge in [0.15, 0.2) is 0 Å². The second-order valence-electron chi connectivity index (χ2n) is 7.92. The molecule has 31 heavy (non-hydrogen) atoms. The van der Waals surface area contributed by atoms with Crippen LogP contribution in [-0.2, 0) is 14.4 Å². The van der Waals surface area contributed by atoms with Gasteiger partial charge in [-0.15, -0.1) is 12.4 Å². The molecule has 9 nitrogen and oxygen atoms in total. The molecule has 0 saturated carbocycles. The van der Waals surface area contributed by atoms with Gasteiger partial charge in [-0.25, -0.2) is 0 Å². The zero-order chi connectivity index (χ0) is 21.3. The number of aromatic nitrogens is 1. The number of hydrogen-bond acceptors (Lipinski definition) is 6. The Morgan fingerprint density at radius 1 is 1.06 bits per heavy atom. The normalized spacial score (nSPS) is 18.0. The fraction of sp³-hybridized carbons (Fsp3) is 0.619. The van der Waals surface area contributed by atoms with E-state index in [9.17, 15) is 14.4 Å². The molecule has 0 bridgehead atoms. The second-order valence-corrected chi connectivity index (χ2v) is 7.92. The van der Waals surface area contributed by atoms with Crippen molar-refractivity contribution in [3.05, 3.63) is 24.5 Å². The molecule has 3 amide bonds. The number of nitrogens with one attached hydrogen (secondary N) is 2. The van der Waals surface area contributed by atoms with Crippen LogP contribution in [0.4, 0.5) is 5.69 Å². The molecule has 1 aromatic rings. The van der Waals surface area contributed by atoms with Crippen LogP contribution in [0.15, 0.2) is 24.5 Å². The topological polar surface area (TPSA) is 121 Å². The van der Waals surface area contributed by atoms with Crippen molar-refractivity contribution in [2.45, 2.75) is 38.1 Å². The van der Waals surface area contributed by atoms with Crippen molar-refractivity contribution in [1.29, 1.82) is 0 Å². The van der Waals surface area contributed by atoms with Gasteiger partial charge in [-0.2, -0.15) is 0 Å². The Bertz CT molecular complexity index is 721. The fourth-order valence-electron chi connectivity index (χ4n) is 4.07. The summed E-state index contributed by atoms with van der Waals surface area (Å²) in [5, 5.41) is 5.55. The van der Waals surface area contributed by atoms with Crippen LogP contribution in [-0.4, -0.2) is 72.9 Å². The zero-order valence-electron chi connectivity index (χ0n) is 17.8. The monoisotopic (exact) mass is 452 g/mol. The molecule has 4 N–H and O–H groups in total. The SMILES string of the molecule is Cl.NCC(=O)NCC(NC(=O)C1CCN(c2ccncc2)CC1)C(=O)N1CCCCC1. The number of piperidine rings is 2. The van der Waals surface area contributed by atoms with Crippen LogP contribution < -0.4 is 21.3 Å². The first-order valence-electron chi connectivity index (χ1n) is 10.8. The third kappa shape index (κ3) is 7.07. The van der Waals surface area contributed by atoms with Crippen LogP contribution in [0.2, 0.25) is 0 Å². The Hall–Kier alpha value is -2.39. The molecule has 1 aromatic heterocycles. The predicted molar refractivity (Wildman–Crippen MR) is 121 cm³/mol. The third-order valence-corrected chi connectivity index (χ3v) is 5.86. The van der Waals surface area contributed by atoms with Crippen molar-refractivity contribution >= 4 is 35.8 Å². The van der Waals surface area contributed by atoms with Crippen LogP contribution in [0.1, 0.15) is 32.1 Å². The van der Waals surface area contributed by atoms with Gasteiger partial charge in [-0.3, -0.25) is 19.4 Å². The van der Waals surface area contributed by atoms with Gasteiger partial charge in [-0.1, -0.05) is 0 Å². The highest BCUT2D eigenvalue weighted by Gasteiger charge is 2.31. The molecule has 0 spiro atoms. The van der Waals surface area contributed by atoms with Crippen LogP contribution >= 0.6 is 12.4 Å². The molecule has 3 heterocycles. The van der Waals surface area contributed by atoms with Crippen LogP contribution in [0.5, 0.6) is 0 Å². The van der Waals surface area contributed by atoms with E-state index in [-0.39, 0.29) is 49.1 Å². The van der Waals surface area contributed by atoms with Gasteiger partial charge in [0.25, 0.3) is 0 Å². The van der Waals surface area contributed by atoms with Gasteiger partial charge in [0.1, 0.15) is 6.04 Å². The number of pyridine rings is 1. The van der Waals surface area contributed by atoms with Crippen molar-refractivity contribution in [3.63, 3.8) is 0 Å². The number of carbonyl (C=O) groups is 3. The molecule has 2 aliphatic heterocycles. The summed E-state index contributed by atoms with van der Waals surface area (Å²) in [7, 11) is 0. The highest BCUT2D eigenvalue weighted by molar-refractivity contribution is 5.89. The second kappa shape index (κ2) is 12.5. The number of anilines is 1. The van der Waals surface area contributed by atoms with Gasteiger partial charge >= 0.3 is 0 Å². The highest BCUT2D eigenvalue weighted by atomic mass is 35.5. The average Bonchev–Trinajstić information content (AvgIpc) is 2.82. The van der Waals surface area contributed by atoms with E-state index >= 15 is 0 Å². The van der Waals surface area contributed by atoms with Crippen LogP contribution in [0.25, 0.3) is 0 Å². The van der Waals surface area contributed by atoms with E-state index in [4.69, 9.17) is 5.73 Å². The van der Waals surface area contributed by atoms with Gasteiger partial charge in [0, 0.05) is 56.7 Å². The average molecular weight is 453 g/mol. The number of nitrogens with two attached hydrogens (primary N) is 1. The van der Waals surface area contributed by atoms with Gasteiger partial charge in [-0.05, 0) is 44.2 Å². The number of likely N-dealkylation sites (tertiary alicyclic amines) is 1. The summed E-state index contributed by atoms with van der Waals surface area (Å²) < 4.78 is 0. The first-order valence-corrected chi connectivity index (χ1v) is 10.8. The van der Waals surface area contributed by atoms with Crippen molar-refractivity contribution in [1.82, 2.24) is 20.5 Å². The van der Waals surface area contributed by atoms with Crippen molar-refractivity contribution in [2.24, 2.45) is 11.7 Å². The third-order valence-electron chi connectivity index (χ3n) is 5.86. The summed E-state index contributed by atoms with van der Waals surface area (Å²) in [6.45, 7) is 2.85. The maximum atomic E-state index is 13.0. The molecular weight excluding hydrogens is 420 g/mol. The van der Waals surface area contributed by atoms with Gasteiger partial charge in [0.05, 0.1) is 6.54 Å². The van der Waals surface area contributed by atoms with E-state index in [1.807, 2.05) is 12.1 Å². The lowest BCUT2D eigenvalue weighted by Crippen LogP contribution is -2.56. The molecule has 0 radical (unpaired) electrons. The standard InChI is InChI=1S/C21H32N6O3.ClH/c22-14-19(28)24-15-18(21(30)27-10-2-1-3-11-27)25-20(29)16-6-12-26(13-7-16)17-4-8-23-9-5-17;/h4-5,8-9,16,18H,1-3,6-7,10-15,22H2,(H,24,28)(H,25,29);1H. The summed E-state index contributed by atoms with van der Waals surface area (Å²) in [5.74, 6) is -0.743. The van der Waals surface area contributed by atoms with Gasteiger partial charge in [0.2, 0.25) is 17.7 Å². The summed E-state index contributed by atoms with van der Waals surface area (Å²) >= 11 is 0. The summed E-state index contributed by atoms with van der Waals surface area (Å²) in [5.41, 5.74) is 6.46. The molecule has 2 saturated heterocycles. The minimum atomic E-state index is -0.760. The molecule has 0 aromatic carbocycles. The zero-order valence-corrected chi connectivity index (χ0v) is 18.6. The van der Waals surface area contributed by atoms with Crippen molar-refractivity contribution in [3.8, 4) is 0 Å². The lowest BCUT2D eigenvalue weighted by molar-refractivity contribution is -0.138. The predicted octanol–water partition coefficient (Wildman–Crippen LogP) is 0.292. The molecular formula is C21H33ClN6O3. The van der Waals surface area contributed by atoms with Crippen LogP contribution in [0.3, 0.4) is 0 Å². The Balaban J connectivity index is 0.00000341. The molecule has 1 atom stereocenters. The van der Waals surface area contributed by atoms with E-state index in [2.05, 4.69) is 20.5 Å². The number of rotatable bonds is 7. The molecule has 2 aliphatic rings. The molecule has 0 aliphatic carbocycles. The lowest BCUT2D eigenvalue weighted by atomic mass is 9.95. The molecule has 10 heteroatoms. The molecule has 172 valence electrons. The minimum absolute atomic E-state index is 0. The smallest absolute Gasteiger partial charge is 0.246 e. The number of halogens is 1. The summed E-state index contributed by atoms with van der Waals surface area (Å²) in [6, 6.07) is 3.17. The summed E-state index contributed by atoms with van der Waals surface area (Å²) in [4.78, 5) is 45.5. The lowest BCUT2D eigenvalue weighted by Gasteiger charge is -2.34. The van der Waals surface area contributed by atoms with E-state index in [0.717, 1.165) is 38.0 Å². The van der Waals surface area contributed by atoms with E-state index < -0.39 is 6.04 Å². The maximum Gasteiger partial charge on any atom is 0.246 e. The van der Waals surface area contributed by atoms with Crippen molar-refractivity contribution < 1.29 is 14.4 Å². The van der Waals surface area contributed by atoms with E-state index in [0.29, 0.717) is 25.9 Å². The number of amides is 3. The van der Waals surface area contributed by atoms with Crippen molar-refractivity contribution in [2.75, 3.05) is 44.2 Å².